The van der Waals surface area contributed by atoms with Gasteiger partial charge in [0.25, 0.3) is 0 Å². The molecular formula is C7H11NaO7. The average molecular weight is 230 g/mol. The molecule has 0 aromatic rings. The minimum atomic E-state index is -1.73. The monoisotopic (exact) mass is 230 g/mol. The topological polar surface area (TPSA) is 119 Å². The Hall–Kier alpha value is 0.270. The van der Waals surface area contributed by atoms with Crippen LogP contribution >= 0.6 is 0 Å². The largest absolute Gasteiger partial charge is 1.00 e. The van der Waals surface area contributed by atoms with Crippen LogP contribution in [-0.2, 0) is 14.3 Å². The van der Waals surface area contributed by atoms with E-state index in [1.807, 2.05) is 0 Å². The number of aliphatic hydroxyl groups is 3. The van der Waals surface area contributed by atoms with Crippen molar-refractivity contribution in [1.29, 1.82) is 0 Å². The number of carboxylic acid groups (broad SMARTS) is 1. The molecule has 0 bridgehead atoms. The van der Waals surface area contributed by atoms with Crippen LogP contribution in [0.5, 0.6) is 0 Å². The summed E-state index contributed by atoms with van der Waals surface area (Å²) in [7, 11) is 1.17. The second-order valence-corrected chi connectivity index (χ2v) is 2.95. The van der Waals surface area contributed by atoms with Gasteiger partial charge in [0.15, 0.2) is 6.29 Å². The van der Waals surface area contributed by atoms with Crippen molar-refractivity contribution < 1.29 is 64.3 Å². The fraction of sp³-hybridized carbons (Fsp3) is 0.857. The molecule has 1 saturated heterocycles. The number of hydrogen-bond acceptors (Lipinski definition) is 7. The molecule has 0 unspecified atom stereocenters. The van der Waals surface area contributed by atoms with Crippen LogP contribution in [0, 0.1) is 0 Å². The van der Waals surface area contributed by atoms with Gasteiger partial charge in [-0.1, -0.05) is 0 Å². The molecule has 0 aliphatic carbocycles. The van der Waals surface area contributed by atoms with E-state index in [1.165, 1.54) is 7.11 Å². The van der Waals surface area contributed by atoms with Crippen LogP contribution in [0.3, 0.4) is 0 Å². The predicted molar refractivity (Wildman–Crippen MR) is 38.7 cm³/mol. The van der Waals surface area contributed by atoms with E-state index >= 15 is 0 Å². The average Bonchev–Trinajstić information content (AvgIpc) is 2.14. The fourth-order valence-electron chi connectivity index (χ4n) is 1.24. The normalized spacial score (nSPS) is 40.7. The zero-order chi connectivity index (χ0) is 10.9. The summed E-state index contributed by atoms with van der Waals surface area (Å²) in [6, 6.07) is 0. The third-order valence-corrected chi connectivity index (χ3v) is 2.03. The third-order valence-electron chi connectivity index (χ3n) is 2.03. The van der Waals surface area contributed by atoms with Crippen LogP contribution in [0.15, 0.2) is 0 Å². The van der Waals surface area contributed by atoms with Gasteiger partial charge in [0.2, 0.25) is 0 Å². The number of carbonyl (C=O) groups is 1. The van der Waals surface area contributed by atoms with Crippen LogP contribution in [0.2, 0.25) is 0 Å². The Morgan fingerprint density at radius 1 is 1.27 bits per heavy atom. The van der Waals surface area contributed by atoms with E-state index in [9.17, 15) is 25.2 Å². The summed E-state index contributed by atoms with van der Waals surface area (Å²) >= 11 is 0. The number of ether oxygens (including phenoxy) is 2. The zero-order valence-electron chi connectivity index (χ0n) is 8.36. The molecule has 7 nitrogen and oxygen atoms in total. The van der Waals surface area contributed by atoms with Crippen molar-refractivity contribution in [2.45, 2.75) is 30.7 Å². The number of carbonyl (C=O) groups excluding carboxylic acids is 1. The number of aliphatic hydroxyl groups excluding tert-OH is 3. The molecule has 1 fully saturated rings. The molecule has 0 spiro atoms. The minimum Gasteiger partial charge on any atom is -0.547 e. The summed E-state index contributed by atoms with van der Waals surface area (Å²) in [6.07, 6.45) is -7.88. The number of aliphatic carboxylic acids is 1. The van der Waals surface area contributed by atoms with Crippen molar-refractivity contribution >= 4 is 5.97 Å². The van der Waals surface area contributed by atoms with E-state index in [4.69, 9.17) is 0 Å². The quantitative estimate of drug-likeness (QED) is 0.403. The van der Waals surface area contributed by atoms with Crippen LogP contribution in [-0.4, -0.2) is 59.1 Å². The summed E-state index contributed by atoms with van der Waals surface area (Å²) in [5, 5.41) is 38.1. The summed E-state index contributed by atoms with van der Waals surface area (Å²) in [5.74, 6) is -1.68. The van der Waals surface area contributed by atoms with Gasteiger partial charge in [-0.05, 0) is 0 Å². The van der Waals surface area contributed by atoms with Gasteiger partial charge in [-0.2, -0.15) is 0 Å². The Balaban J connectivity index is 0.00000196. The molecule has 15 heavy (non-hydrogen) atoms. The standard InChI is InChI=1S/C7H12O7.Na/c1-13-7-4(10)2(8)3(9)5(14-7)6(11)12;/h2-5,7-10H,1H3,(H,11,12);/q;+1/p-1/t2-,3-,4+,5-,7-;/m0./s1. The molecule has 1 rings (SSSR count). The van der Waals surface area contributed by atoms with Gasteiger partial charge in [-0.25, -0.2) is 0 Å². The van der Waals surface area contributed by atoms with Crippen molar-refractivity contribution in [1.82, 2.24) is 0 Å². The first-order valence-electron chi connectivity index (χ1n) is 3.92. The number of methoxy groups -OCH3 is 1. The zero-order valence-corrected chi connectivity index (χ0v) is 10.4. The molecule has 8 heteroatoms. The summed E-state index contributed by atoms with van der Waals surface area (Å²) in [6.45, 7) is 0. The molecule has 1 aliphatic heterocycles. The maximum Gasteiger partial charge on any atom is 1.00 e. The van der Waals surface area contributed by atoms with Crippen molar-refractivity contribution in [2.75, 3.05) is 7.11 Å². The van der Waals surface area contributed by atoms with E-state index in [0.29, 0.717) is 0 Å². The van der Waals surface area contributed by atoms with Gasteiger partial charge in [-0.15, -0.1) is 0 Å². The first-order chi connectivity index (χ1) is 6.49. The molecular weight excluding hydrogens is 219 g/mol. The Labute approximate surface area is 108 Å². The molecule has 0 aromatic carbocycles. The maximum atomic E-state index is 10.4. The van der Waals surface area contributed by atoms with Gasteiger partial charge >= 0.3 is 29.6 Å². The van der Waals surface area contributed by atoms with Crippen molar-refractivity contribution in [3.63, 3.8) is 0 Å². The molecule has 3 N–H and O–H groups in total. The summed E-state index contributed by atoms with van der Waals surface area (Å²) < 4.78 is 9.22. The fourth-order valence-corrected chi connectivity index (χ4v) is 1.24. The molecule has 1 aliphatic rings. The summed E-state index contributed by atoms with van der Waals surface area (Å²) in [5.41, 5.74) is 0. The number of rotatable bonds is 2. The van der Waals surface area contributed by atoms with Gasteiger partial charge in [0.1, 0.15) is 24.4 Å². The van der Waals surface area contributed by atoms with Gasteiger partial charge < -0.3 is 34.7 Å². The van der Waals surface area contributed by atoms with Gasteiger partial charge in [0, 0.05) is 7.11 Å². The van der Waals surface area contributed by atoms with E-state index < -0.39 is 36.7 Å². The Morgan fingerprint density at radius 2 is 1.80 bits per heavy atom. The van der Waals surface area contributed by atoms with Crippen LogP contribution in [0.4, 0.5) is 0 Å². The van der Waals surface area contributed by atoms with E-state index in [-0.39, 0.29) is 29.6 Å². The minimum absolute atomic E-state index is 0. The van der Waals surface area contributed by atoms with Crippen LogP contribution in [0.1, 0.15) is 0 Å². The molecule has 1 heterocycles. The first kappa shape index (κ1) is 15.3. The maximum absolute atomic E-state index is 10.4. The Morgan fingerprint density at radius 3 is 2.20 bits per heavy atom. The SMILES string of the molecule is CO[C@H]1O[C@H](C(=O)[O-])[C@@H](O)[C@H](O)[C@H]1O.[Na+]. The van der Waals surface area contributed by atoms with Crippen molar-refractivity contribution in [3.8, 4) is 0 Å². The van der Waals surface area contributed by atoms with Crippen molar-refractivity contribution in [3.05, 3.63) is 0 Å². The predicted octanol–water partition coefficient (Wildman–Crippen LogP) is -6.81. The van der Waals surface area contributed by atoms with Crippen LogP contribution < -0.4 is 34.7 Å². The van der Waals surface area contributed by atoms with E-state index in [1.54, 1.807) is 0 Å². The Kier molecular flexibility index (Phi) is 6.23. The third kappa shape index (κ3) is 3.11. The molecule has 5 atom stereocenters. The second-order valence-electron chi connectivity index (χ2n) is 2.95. The second kappa shape index (κ2) is 6.12. The number of hydrogen-bond donors (Lipinski definition) is 3. The summed E-state index contributed by atoms with van der Waals surface area (Å²) in [4.78, 5) is 10.4. The number of carboxylic acids is 1. The molecule has 0 aromatic heterocycles. The van der Waals surface area contributed by atoms with Gasteiger partial charge in [0.05, 0.1) is 5.97 Å². The molecule has 0 amide bonds. The molecule has 0 saturated carbocycles. The van der Waals surface area contributed by atoms with Crippen LogP contribution in [0.25, 0.3) is 0 Å². The smallest absolute Gasteiger partial charge is 0.547 e. The van der Waals surface area contributed by atoms with E-state index in [0.717, 1.165) is 0 Å². The van der Waals surface area contributed by atoms with Gasteiger partial charge in [-0.3, -0.25) is 0 Å². The van der Waals surface area contributed by atoms with Crippen molar-refractivity contribution in [2.24, 2.45) is 0 Å². The Bertz CT molecular complexity index is 221. The van der Waals surface area contributed by atoms with E-state index in [2.05, 4.69) is 9.47 Å². The first-order valence-corrected chi connectivity index (χ1v) is 3.92. The molecule has 82 valence electrons. The molecule has 0 radical (unpaired) electrons.